The number of hydrogen-bond acceptors (Lipinski definition) is 3. The number of hydrogen-bond donors (Lipinski definition) is 2. The number of aromatic nitrogens is 2. The molecule has 28 heavy (non-hydrogen) atoms. The summed E-state index contributed by atoms with van der Waals surface area (Å²) in [5.74, 6) is -0.878. The van der Waals surface area contributed by atoms with E-state index in [1.807, 2.05) is 0 Å². The Morgan fingerprint density at radius 2 is 1.96 bits per heavy atom. The standard InChI is InChI=1S/C21H15F2N3O2/c22-16-4-1-5-18-15(16)10-19(26-18)21(27)25-11-13-6-7-20(17(23)9-13)28-14-3-2-8-24-12-14/h1-10,12,26H,11H2,(H,25,27). The number of nitrogens with one attached hydrogen (secondary N) is 2. The molecule has 2 N–H and O–H groups in total. The highest BCUT2D eigenvalue weighted by molar-refractivity contribution is 5.98. The molecule has 4 rings (SSSR count). The molecule has 0 saturated carbocycles. The molecule has 2 aromatic carbocycles. The highest BCUT2D eigenvalue weighted by Crippen LogP contribution is 2.24. The Morgan fingerprint density at radius 3 is 2.71 bits per heavy atom. The molecule has 0 aliphatic rings. The molecule has 2 heterocycles. The molecular weight excluding hydrogens is 364 g/mol. The Morgan fingerprint density at radius 1 is 1.07 bits per heavy atom. The minimum Gasteiger partial charge on any atom is -0.453 e. The normalized spacial score (nSPS) is 10.8. The molecule has 0 radical (unpaired) electrons. The number of aromatic amines is 1. The second kappa shape index (κ2) is 7.48. The van der Waals surface area contributed by atoms with Crippen LogP contribution in [-0.2, 0) is 6.54 Å². The predicted octanol–water partition coefficient (Wildman–Crippen LogP) is 4.56. The maximum absolute atomic E-state index is 14.3. The maximum atomic E-state index is 14.3. The number of benzene rings is 2. The molecule has 0 aliphatic heterocycles. The number of rotatable bonds is 5. The first-order valence-electron chi connectivity index (χ1n) is 8.52. The van der Waals surface area contributed by atoms with Gasteiger partial charge in [-0.3, -0.25) is 9.78 Å². The molecule has 1 amide bonds. The van der Waals surface area contributed by atoms with Crippen molar-refractivity contribution in [2.75, 3.05) is 0 Å². The van der Waals surface area contributed by atoms with Gasteiger partial charge in [-0.05, 0) is 48.0 Å². The average Bonchev–Trinajstić information content (AvgIpc) is 3.15. The van der Waals surface area contributed by atoms with Gasteiger partial charge in [0.2, 0.25) is 0 Å². The van der Waals surface area contributed by atoms with Crippen LogP contribution in [0.1, 0.15) is 16.1 Å². The third-order valence-electron chi connectivity index (χ3n) is 4.17. The van der Waals surface area contributed by atoms with Gasteiger partial charge in [0.25, 0.3) is 5.91 Å². The monoisotopic (exact) mass is 379 g/mol. The summed E-state index contributed by atoms with van der Waals surface area (Å²) in [7, 11) is 0. The van der Waals surface area contributed by atoms with Crippen LogP contribution in [0.3, 0.4) is 0 Å². The van der Waals surface area contributed by atoms with E-state index in [0.717, 1.165) is 0 Å². The van der Waals surface area contributed by atoms with Crippen molar-refractivity contribution in [2.24, 2.45) is 0 Å². The largest absolute Gasteiger partial charge is 0.453 e. The summed E-state index contributed by atoms with van der Waals surface area (Å²) in [5.41, 5.74) is 1.33. The van der Waals surface area contributed by atoms with Gasteiger partial charge in [-0.15, -0.1) is 0 Å². The molecule has 4 aromatic rings. The minimum atomic E-state index is -0.553. The zero-order valence-electron chi connectivity index (χ0n) is 14.6. The number of pyridine rings is 1. The molecule has 0 atom stereocenters. The van der Waals surface area contributed by atoms with E-state index < -0.39 is 17.5 Å². The van der Waals surface area contributed by atoms with Crippen LogP contribution in [-0.4, -0.2) is 15.9 Å². The van der Waals surface area contributed by atoms with E-state index in [1.165, 1.54) is 30.5 Å². The molecule has 0 saturated heterocycles. The van der Waals surface area contributed by atoms with Crippen LogP contribution in [0.25, 0.3) is 10.9 Å². The number of halogens is 2. The smallest absolute Gasteiger partial charge is 0.267 e. The molecule has 0 aliphatic carbocycles. The van der Waals surface area contributed by atoms with E-state index in [1.54, 1.807) is 36.5 Å². The van der Waals surface area contributed by atoms with Gasteiger partial charge in [-0.1, -0.05) is 12.1 Å². The van der Waals surface area contributed by atoms with Gasteiger partial charge in [0.1, 0.15) is 17.3 Å². The zero-order chi connectivity index (χ0) is 19.5. The second-order valence-electron chi connectivity index (χ2n) is 6.12. The fourth-order valence-electron chi connectivity index (χ4n) is 2.79. The average molecular weight is 379 g/mol. The first kappa shape index (κ1) is 17.7. The van der Waals surface area contributed by atoms with Crippen molar-refractivity contribution in [3.05, 3.63) is 89.9 Å². The van der Waals surface area contributed by atoms with Crippen LogP contribution in [0.5, 0.6) is 11.5 Å². The van der Waals surface area contributed by atoms with Crippen molar-refractivity contribution in [3.8, 4) is 11.5 Å². The molecule has 0 spiro atoms. The lowest BCUT2D eigenvalue weighted by atomic mass is 10.2. The van der Waals surface area contributed by atoms with Crippen molar-refractivity contribution >= 4 is 16.8 Å². The lowest BCUT2D eigenvalue weighted by molar-refractivity contribution is 0.0946. The first-order chi connectivity index (χ1) is 13.6. The summed E-state index contributed by atoms with van der Waals surface area (Å²) < 4.78 is 33.4. The fraction of sp³-hybridized carbons (Fsp3) is 0.0476. The van der Waals surface area contributed by atoms with Gasteiger partial charge in [-0.2, -0.15) is 0 Å². The Balaban J connectivity index is 1.43. The SMILES string of the molecule is O=C(NCc1ccc(Oc2cccnc2)c(F)c1)c1cc2c(F)cccc2[nH]1. The van der Waals surface area contributed by atoms with Gasteiger partial charge in [0, 0.05) is 23.6 Å². The Hall–Kier alpha value is -3.74. The lowest BCUT2D eigenvalue weighted by Crippen LogP contribution is -2.23. The molecule has 2 aromatic heterocycles. The highest BCUT2D eigenvalue weighted by Gasteiger charge is 2.12. The summed E-state index contributed by atoms with van der Waals surface area (Å²) >= 11 is 0. The van der Waals surface area contributed by atoms with Crippen LogP contribution >= 0.6 is 0 Å². The maximum Gasteiger partial charge on any atom is 0.267 e. The molecule has 7 heteroatoms. The Kier molecular flexibility index (Phi) is 4.72. The third-order valence-corrected chi connectivity index (χ3v) is 4.17. The zero-order valence-corrected chi connectivity index (χ0v) is 14.6. The van der Waals surface area contributed by atoms with Crippen LogP contribution < -0.4 is 10.1 Å². The van der Waals surface area contributed by atoms with Crippen LogP contribution in [0.2, 0.25) is 0 Å². The van der Waals surface area contributed by atoms with Crippen molar-refractivity contribution < 1.29 is 18.3 Å². The van der Waals surface area contributed by atoms with E-state index >= 15 is 0 Å². The number of nitrogens with zero attached hydrogens (tertiary/aromatic N) is 1. The number of carbonyl (C=O) groups is 1. The van der Waals surface area contributed by atoms with Crippen molar-refractivity contribution in [1.29, 1.82) is 0 Å². The van der Waals surface area contributed by atoms with Crippen LogP contribution in [0.15, 0.2) is 67.0 Å². The van der Waals surface area contributed by atoms with E-state index in [-0.39, 0.29) is 18.0 Å². The molecular formula is C21H15F2N3O2. The number of carbonyl (C=O) groups excluding carboxylic acids is 1. The summed E-state index contributed by atoms with van der Waals surface area (Å²) in [6, 6.07) is 13.8. The molecule has 0 unspecified atom stereocenters. The molecule has 140 valence electrons. The lowest BCUT2D eigenvalue weighted by Gasteiger charge is -2.09. The topological polar surface area (TPSA) is 67.0 Å². The van der Waals surface area contributed by atoms with Crippen LogP contribution in [0, 0.1) is 11.6 Å². The summed E-state index contributed by atoms with van der Waals surface area (Å²) in [6.45, 7) is 0.112. The van der Waals surface area contributed by atoms with Gasteiger partial charge in [-0.25, -0.2) is 8.78 Å². The Labute approximate surface area is 159 Å². The number of H-pyrrole nitrogens is 1. The summed E-state index contributed by atoms with van der Waals surface area (Å²) in [4.78, 5) is 19.1. The highest BCUT2D eigenvalue weighted by atomic mass is 19.1. The summed E-state index contributed by atoms with van der Waals surface area (Å²) in [6.07, 6.45) is 3.08. The molecule has 0 fully saturated rings. The third kappa shape index (κ3) is 3.68. The van der Waals surface area contributed by atoms with Gasteiger partial charge in [0.05, 0.1) is 6.20 Å². The fourth-order valence-corrected chi connectivity index (χ4v) is 2.79. The van der Waals surface area contributed by atoms with Crippen molar-refractivity contribution in [1.82, 2.24) is 15.3 Å². The number of ether oxygens (including phenoxy) is 1. The van der Waals surface area contributed by atoms with E-state index in [9.17, 15) is 13.6 Å². The molecule has 0 bridgehead atoms. The van der Waals surface area contributed by atoms with Gasteiger partial charge < -0.3 is 15.0 Å². The van der Waals surface area contributed by atoms with E-state index in [2.05, 4.69) is 15.3 Å². The van der Waals surface area contributed by atoms with Gasteiger partial charge in [0.15, 0.2) is 11.6 Å². The van der Waals surface area contributed by atoms with Crippen molar-refractivity contribution in [2.45, 2.75) is 6.54 Å². The quantitative estimate of drug-likeness (QED) is 0.534. The van der Waals surface area contributed by atoms with Gasteiger partial charge >= 0.3 is 0 Å². The van der Waals surface area contributed by atoms with Crippen molar-refractivity contribution in [3.63, 3.8) is 0 Å². The Bertz CT molecular complexity index is 1140. The van der Waals surface area contributed by atoms with E-state index in [0.29, 0.717) is 22.2 Å². The van der Waals surface area contributed by atoms with E-state index in [4.69, 9.17) is 4.74 Å². The minimum absolute atomic E-state index is 0.0640. The van der Waals surface area contributed by atoms with Crippen LogP contribution in [0.4, 0.5) is 8.78 Å². The number of amides is 1. The summed E-state index contributed by atoms with van der Waals surface area (Å²) in [5, 5.41) is 3.03. The first-order valence-corrected chi connectivity index (χ1v) is 8.52. The molecule has 5 nitrogen and oxygen atoms in total. The number of fused-ring (bicyclic) bond motifs is 1. The second-order valence-corrected chi connectivity index (χ2v) is 6.12. The predicted molar refractivity (Wildman–Crippen MR) is 100 cm³/mol.